The maximum Gasteiger partial charge on any atom is 0.337 e. The lowest BCUT2D eigenvalue weighted by molar-refractivity contribution is -0.122. The van der Waals surface area contributed by atoms with Gasteiger partial charge in [0.05, 0.1) is 11.3 Å². The number of hydrogen-bond donors (Lipinski definition) is 3. The number of aromatic carboxylic acids is 1. The van der Waals surface area contributed by atoms with Crippen molar-refractivity contribution in [3.8, 4) is 11.5 Å². The lowest BCUT2D eigenvalue weighted by Gasteiger charge is -2.15. The third-order valence-corrected chi connectivity index (χ3v) is 2.92. The van der Waals surface area contributed by atoms with E-state index in [0.29, 0.717) is 5.75 Å². The Kier molecular flexibility index (Phi) is 4.63. The zero-order valence-corrected chi connectivity index (χ0v) is 11.8. The van der Waals surface area contributed by atoms with E-state index in [1.54, 1.807) is 31.2 Å². The summed E-state index contributed by atoms with van der Waals surface area (Å²) >= 11 is 0. The van der Waals surface area contributed by atoms with Crippen molar-refractivity contribution in [1.82, 2.24) is 0 Å². The van der Waals surface area contributed by atoms with Crippen molar-refractivity contribution >= 4 is 17.6 Å². The third-order valence-electron chi connectivity index (χ3n) is 2.92. The van der Waals surface area contributed by atoms with Gasteiger partial charge in [0.2, 0.25) is 0 Å². The van der Waals surface area contributed by atoms with E-state index in [9.17, 15) is 14.7 Å². The maximum absolute atomic E-state index is 12.1. The normalized spacial score (nSPS) is 11.5. The van der Waals surface area contributed by atoms with Crippen molar-refractivity contribution in [2.24, 2.45) is 0 Å². The molecule has 114 valence electrons. The Morgan fingerprint density at radius 1 is 1.14 bits per heavy atom. The molecule has 0 bridgehead atoms. The quantitative estimate of drug-likeness (QED) is 0.788. The van der Waals surface area contributed by atoms with Crippen LogP contribution in [0.3, 0.4) is 0 Å². The summed E-state index contributed by atoms with van der Waals surface area (Å²) in [6, 6.07) is 12.4. The second-order valence-corrected chi connectivity index (χ2v) is 4.60. The van der Waals surface area contributed by atoms with Crippen molar-refractivity contribution in [1.29, 1.82) is 0 Å². The van der Waals surface area contributed by atoms with E-state index in [1.807, 2.05) is 6.07 Å². The number of rotatable bonds is 5. The highest BCUT2D eigenvalue weighted by Crippen LogP contribution is 2.22. The summed E-state index contributed by atoms with van der Waals surface area (Å²) in [5.41, 5.74) is -0.0981. The fourth-order valence-corrected chi connectivity index (χ4v) is 1.81. The highest BCUT2D eigenvalue weighted by molar-refractivity contribution is 6.02. The first-order valence-electron chi connectivity index (χ1n) is 6.56. The molecule has 6 heteroatoms. The molecule has 0 aromatic heterocycles. The van der Waals surface area contributed by atoms with E-state index in [4.69, 9.17) is 9.84 Å². The number of anilines is 1. The number of carboxylic acid groups (broad SMARTS) is 1. The van der Waals surface area contributed by atoms with Crippen LogP contribution in [0.15, 0.2) is 48.5 Å². The van der Waals surface area contributed by atoms with Crippen LogP contribution >= 0.6 is 0 Å². The summed E-state index contributed by atoms with van der Waals surface area (Å²) in [4.78, 5) is 23.2. The molecule has 2 rings (SSSR count). The predicted molar refractivity (Wildman–Crippen MR) is 80.2 cm³/mol. The summed E-state index contributed by atoms with van der Waals surface area (Å²) in [7, 11) is 0. The zero-order valence-electron chi connectivity index (χ0n) is 11.8. The molecule has 0 fully saturated rings. The molecule has 1 amide bonds. The summed E-state index contributed by atoms with van der Waals surface area (Å²) in [6.07, 6.45) is -0.827. The van der Waals surface area contributed by atoms with Crippen molar-refractivity contribution in [2.75, 3.05) is 5.32 Å². The molecule has 2 aromatic carbocycles. The highest BCUT2D eigenvalue weighted by atomic mass is 16.5. The van der Waals surface area contributed by atoms with Crippen molar-refractivity contribution in [2.45, 2.75) is 13.0 Å². The van der Waals surface area contributed by atoms with E-state index >= 15 is 0 Å². The van der Waals surface area contributed by atoms with E-state index in [-0.39, 0.29) is 17.0 Å². The number of carbonyl (C=O) groups excluding carboxylic acids is 1. The minimum atomic E-state index is -1.20. The molecule has 2 aromatic rings. The van der Waals surface area contributed by atoms with Gasteiger partial charge in [0.15, 0.2) is 6.10 Å². The first-order chi connectivity index (χ1) is 10.5. The lowest BCUT2D eigenvalue weighted by atomic mass is 10.1. The maximum atomic E-state index is 12.1. The zero-order chi connectivity index (χ0) is 16.1. The number of aromatic hydroxyl groups is 1. The minimum absolute atomic E-state index is 0.0148. The van der Waals surface area contributed by atoms with Gasteiger partial charge in [0.25, 0.3) is 5.91 Å². The Labute approximate surface area is 127 Å². The van der Waals surface area contributed by atoms with Gasteiger partial charge in [-0.25, -0.2) is 4.79 Å². The van der Waals surface area contributed by atoms with Crippen LogP contribution < -0.4 is 10.1 Å². The molecule has 1 unspecified atom stereocenters. The SMILES string of the molecule is CC(Oc1ccccc1)C(=O)Nc1cc(O)ccc1C(=O)O. The molecule has 0 saturated carbocycles. The first-order valence-corrected chi connectivity index (χ1v) is 6.56. The number of carboxylic acids is 1. The van der Waals surface area contributed by atoms with Gasteiger partial charge in [-0.15, -0.1) is 0 Å². The summed E-state index contributed by atoms with van der Waals surface area (Å²) in [5.74, 6) is -1.33. The fourth-order valence-electron chi connectivity index (χ4n) is 1.81. The molecule has 0 heterocycles. The van der Waals surface area contributed by atoms with Crippen molar-refractivity contribution in [3.05, 3.63) is 54.1 Å². The molecule has 6 nitrogen and oxygen atoms in total. The lowest BCUT2D eigenvalue weighted by Crippen LogP contribution is -2.30. The van der Waals surface area contributed by atoms with E-state index in [2.05, 4.69) is 5.32 Å². The molecule has 0 aliphatic heterocycles. The average molecular weight is 301 g/mol. The number of nitrogens with one attached hydrogen (secondary N) is 1. The Morgan fingerprint density at radius 2 is 1.82 bits per heavy atom. The Morgan fingerprint density at radius 3 is 2.45 bits per heavy atom. The van der Waals surface area contributed by atoms with Crippen LogP contribution in [0.1, 0.15) is 17.3 Å². The van der Waals surface area contributed by atoms with Crippen LogP contribution in [0, 0.1) is 0 Å². The molecule has 0 aliphatic rings. The molecule has 0 radical (unpaired) electrons. The number of para-hydroxylation sites is 1. The Bertz CT molecular complexity index is 684. The summed E-state index contributed by atoms with van der Waals surface area (Å²) in [5, 5.41) is 21.0. The number of amides is 1. The molecule has 22 heavy (non-hydrogen) atoms. The number of phenols is 1. The molecule has 3 N–H and O–H groups in total. The second-order valence-electron chi connectivity index (χ2n) is 4.60. The van der Waals surface area contributed by atoms with Gasteiger partial charge in [-0.2, -0.15) is 0 Å². The molecule has 0 spiro atoms. The van der Waals surface area contributed by atoms with Crippen LogP contribution in [0.5, 0.6) is 11.5 Å². The molecule has 1 atom stereocenters. The van der Waals surface area contributed by atoms with Crippen LogP contribution in [-0.4, -0.2) is 28.2 Å². The molecular formula is C16H15NO5. The van der Waals surface area contributed by atoms with Crippen molar-refractivity contribution < 1.29 is 24.5 Å². The molecular weight excluding hydrogens is 286 g/mol. The topological polar surface area (TPSA) is 95.9 Å². The van der Waals surface area contributed by atoms with Gasteiger partial charge < -0.3 is 20.3 Å². The highest BCUT2D eigenvalue weighted by Gasteiger charge is 2.18. The van der Waals surface area contributed by atoms with Crippen LogP contribution in [-0.2, 0) is 4.79 Å². The van der Waals surface area contributed by atoms with Crippen LogP contribution in [0.2, 0.25) is 0 Å². The van der Waals surface area contributed by atoms with Crippen LogP contribution in [0.4, 0.5) is 5.69 Å². The third kappa shape index (κ3) is 3.76. The largest absolute Gasteiger partial charge is 0.508 e. The second kappa shape index (κ2) is 6.62. The molecule has 0 aliphatic carbocycles. The van der Waals surface area contributed by atoms with Gasteiger partial charge in [-0.1, -0.05) is 18.2 Å². The van der Waals surface area contributed by atoms with Crippen LogP contribution in [0.25, 0.3) is 0 Å². The monoisotopic (exact) mass is 301 g/mol. The van der Waals surface area contributed by atoms with E-state index < -0.39 is 18.0 Å². The van der Waals surface area contributed by atoms with Gasteiger partial charge in [-0.3, -0.25) is 4.79 Å². The number of hydrogen-bond acceptors (Lipinski definition) is 4. The van der Waals surface area contributed by atoms with E-state index in [0.717, 1.165) is 0 Å². The summed E-state index contributed by atoms with van der Waals surface area (Å²) < 4.78 is 5.46. The smallest absolute Gasteiger partial charge is 0.337 e. The van der Waals surface area contributed by atoms with Gasteiger partial charge in [0, 0.05) is 6.07 Å². The fraction of sp³-hybridized carbons (Fsp3) is 0.125. The first kappa shape index (κ1) is 15.4. The Balaban J connectivity index is 2.11. The number of ether oxygens (including phenoxy) is 1. The number of phenolic OH excluding ortho intramolecular Hbond substituents is 1. The predicted octanol–water partition coefficient (Wildman–Crippen LogP) is 2.50. The average Bonchev–Trinajstić information content (AvgIpc) is 2.48. The number of benzene rings is 2. The van der Waals surface area contributed by atoms with Gasteiger partial charge in [-0.05, 0) is 31.2 Å². The minimum Gasteiger partial charge on any atom is -0.508 e. The summed E-state index contributed by atoms with van der Waals surface area (Å²) in [6.45, 7) is 1.55. The standard InChI is InChI=1S/C16H15NO5/c1-10(22-12-5-3-2-4-6-12)15(19)17-14-9-11(18)7-8-13(14)16(20)21/h2-10,18H,1H3,(H,17,19)(H,20,21). The van der Waals surface area contributed by atoms with Gasteiger partial charge in [0.1, 0.15) is 11.5 Å². The van der Waals surface area contributed by atoms with E-state index in [1.165, 1.54) is 18.2 Å². The Hall–Kier alpha value is -3.02. The molecule has 0 saturated heterocycles. The van der Waals surface area contributed by atoms with Gasteiger partial charge >= 0.3 is 5.97 Å². The van der Waals surface area contributed by atoms with Crippen molar-refractivity contribution in [3.63, 3.8) is 0 Å². The number of carbonyl (C=O) groups is 2.